The summed E-state index contributed by atoms with van der Waals surface area (Å²) in [5.74, 6) is -0.262. The number of benzene rings is 1. The Bertz CT molecular complexity index is 424. The molecule has 0 radical (unpaired) electrons. The van der Waals surface area contributed by atoms with Crippen LogP contribution in [0.25, 0.3) is 0 Å². The van der Waals surface area contributed by atoms with Gasteiger partial charge in [-0.15, -0.1) is 0 Å². The molecule has 1 fully saturated rings. The predicted octanol–water partition coefficient (Wildman–Crippen LogP) is 2.14. The summed E-state index contributed by atoms with van der Waals surface area (Å²) in [5.41, 5.74) is 5.91. The molecule has 1 aromatic rings. The topological polar surface area (TPSA) is 55.1 Å². The normalized spacial score (nSPS) is 16.8. The van der Waals surface area contributed by atoms with Crippen LogP contribution in [0.2, 0.25) is 10.0 Å². The lowest BCUT2D eigenvalue weighted by Crippen LogP contribution is -2.44. The minimum atomic E-state index is -0.456. The number of halogens is 2. The molecule has 1 aliphatic carbocycles. The van der Waals surface area contributed by atoms with Gasteiger partial charge in [0.2, 0.25) is 5.91 Å². The molecule has 1 aliphatic rings. The van der Waals surface area contributed by atoms with Crippen LogP contribution in [0.1, 0.15) is 18.4 Å². The van der Waals surface area contributed by atoms with E-state index in [1.54, 1.807) is 6.07 Å². The van der Waals surface area contributed by atoms with Crippen molar-refractivity contribution < 1.29 is 4.79 Å². The highest BCUT2D eigenvalue weighted by Gasteiger charge is 2.47. The van der Waals surface area contributed by atoms with Gasteiger partial charge in [0.1, 0.15) is 0 Å². The lowest BCUT2D eigenvalue weighted by atomic mass is 10.1. The average Bonchev–Trinajstić information content (AvgIpc) is 2.97. The van der Waals surface area contributed by atoms with Crippen LogP contribution in [0.3, 0.4) is 0 Å². The van der Waals surface area contributed by atoms with Crippen molar-refractivity contribution in [3.8, 4) is 0 Å². The van der Waals surface area contributed by atoms with E-state index in [0.717, 1.165) is 24.8 Å². The van der Waals surface area contributed by atoms with Crippen molar-refractivity contribution in [2.45, 2.75) is 24.8 Å². The molecule has 5 heteroatoms. The number of rotatable bonds is 5. The smallest absolute Gasteiger partial charge is 0.237 e. The quantitative estimate of drug-likeness (QED) is 0.863. The van der Waals surface area contributed by atoms with Crippen molar-refractivity contribution in [2.24, 2.45) is 5.73 Å². The molecule has 0 atom stereocenters. The van der Waals surface area contributed by atoms with Crippen LogP contribution in [0, 0.1) is 0 Å². The van der Waals surface area contributed by atoms with Crippen molar-refractivity contribution in [2.75, 3.05) is 6.54 Å². The standard InChI is InChI=1S/C12H14Cl2N2O/c13-9-5-8(6-10(14)7-9)1-4-16-12(2-3-12)11(15)17/h5-7,16H,1-4H2,(H2,15,17). The van der Waals surface area contributed by atoms with E-state index in [1.807, 2.05) is 12.1 Å². The van der Waals surface area contributed by atoms with Gasteiger partial charge in [-0.3, -0.25) is 4.79 Å². The summed E-state index contributed by atoms with van der Waals surface area (Å²) < 4.78 is 0. The molecular formula is C12H14Cl2N2O. The molecule has 1 saturated carbocycles. The molecule has 0 bridgehead atoms. The molecule has 2 rings (SSSR count). The number of hydrogen-bond donors (Lipinski definition) is 2. The minimum Gasteiger partial charge on any atom is -0.368 e. The SMILES string of the molecule is NC(=O)C1(NCCc2cc(Cl)cc(Cl)c2)CC1. The molecule has 1 aromatic carbocycles. The number of carbonyl (C=O) groups is 1. The molecule has 0 unspecified atom stereocenters. The summed E-state index contributed by atoms with van der Waals surface area (Å²) in [7, 11) is 0. The van der Waals surface area contributed by atoms with Crippen LogP contribution >= 0.6 is 23.2 Å². The fourth-order valence-corrected chi connectivity index (χ4v) is 2.41. The molecule has 17 heavy (non-hydrogen) atoms. The molecule has 1 amide bonds. The van der Waals surface area contributed by atoms with Crippen molar-refractivity contribution in [3.05, 3.63) is 33.8 Å². The lowest BCUT2D eigenvalue weighted by molar-refractivity contribution is -0.121. The van der Waals surface area contributed by atoms with Crippen LogP contribution in [-0.2, 0) is 11.2 Å². The van der Waals surface area contributed by atoms with E-state index >= 15 is 0 Å². The maximum atomic E-state index is 11.2. The molecule has 0 heterocycles. The van der Waals surface area contributed by atoms with Gasteiger partial charge in [-0.1, -0.05) is 23.2 Å². The Morgan fingerprint density at radius 2 is 1.88 bits per heavy atom. The first-order chi connectivity index (χ1) is 8.02. The second-order valence-electron chi connectivity index (χ2n) is 4.40. The van der Waals surface area contributed by atoms with E-state index < -0.39 is 5.54 Å². The van der Waals surface area contributed by atoms with Crippen LogP contribution < -0.4 is 11.1 Å². The highest BCUT2D eigenvalue weighted by molar-refractivity contribution is 6.34. The van der Waals surface area contributed by atoms with Gasteiger partial charge in [-0.2, -0.15) is 0 Å². The first kappa shape index (κ1) is 12.7. The van der Waals surface area contributed by atoms with Crippen LogP contribution in [-0.4, -0.2) is 18.0 Å². The zero-order valence-corrected chi connectivity index (χ0v) is 10.8. The summed E-state index contributed by atoms with van der Waals surface area (Å²) in [5, 5.41) is 4.45. The van der Waals surface area contributed by atoms with Crippen molar-refractivity contribution in [1.29, 1.82) is 0 Å². The van der Waals surface area contributed by atoms with E-state index in [2.05, 4.69) is 5.32 Å². The summed E-state index contributed by atoms with van der Waals surface area (Å²) >= 11 is 11.8. The first-order valence-corrected chi connectivity index (χ1v) is 6.27. The first-order valence-electron chi connectivity index (χ1n) is 5.52. The molecule has 0 aromatic heterocycles. The summed E-state index contributed by atoms with van der Waals surface area (Å²) in [6.07, 6.45) is 2.44. The van der Waals surface area contributed by atoms with Gasteiger partial charge in [0.15, 0.2) is 0 Å². The van der Waals surface area contributed by atoms with E-state index in [4.69, 9.17) is 28.9 Å². The monoisotopic (exact) mass is 272 g/mol. The number of amides is 1. The Labute approximate surface area is 110 Å². The molecule has 3 nitrogen and oxygen atoms in total. The lowest BCUT2D eigenvalue weighted by Gasteiger charge is -2.13. The van der Waals surface area contributed by atoms with Gasteiger partial charge in [0.05, 0.1) is 5.54 Å². The molecular weight excluding hydrogens is 259 g/mol. The Kier molecular flexibility index (Phi) is 3.61. The number of carbonyl (C=O) groups excluding carboxylic acids is 1. The number of hydrogen-bond acceptors (Lipinski definition) is 2. The molecule has 92 valence electrons. The second-order valence-corrected chi connectivity index (χ2v) is 5.27. The molecule has 0 spiro atoms. The number of nitrogens with two attached hydrogens (primary N) is 1. The molecule has 3 N–H and O–H groups in total. The van der Waals surface area contributed by atoms with Gasteiger partial charge in [-0.05, 0) is 43.0 Å². The summed E-state index contributed by atoms with van der Waals surface area (Å²) in [6, 6.07) is 5.45. The Balaban J connectivity index is 1.88. The zero-order chi connectivity index (χ0) is 12.5. The number of primary amides is 1. The van der Waals surface area contributed by atoms with Gasteiger partial charge in [0.25, 0.3) is 0 Å². The van der Waals surface area contributed by atoms with Gasteiger partial charge in [-0.25, -0.2) is 0 Å². The Hall–Kier alpha value is -0.770. The second kappa shape index (κ2) is 4.84. The number of nitrogens with one attached hydrogen (secondary N) is 1. The highest BCUT2D eigenvalue weighted by atomic mass is 35.5. The van der Waals surface area contributed by atoms with Gasteiger partial charge < -0.3 is 11.1 Å². The molecule has 0 saturated heterocycles. The van der Waals surface area contributed by atoms with Crippen LogP contribution in [0.15, 0.2) is 18.2 Å². The van der Waals surface area contributed by atoms with Crippen molar-refractivity contribution >= 4 is 29.1 Å². The zero-order valence-electron chi connectivity index (χ0n) is 9.30. The minimum absolute atomic E-state index is 0.262. The van der Waals surface area contributed by atoms with E-state index in [1.165, 1.54) is 0 Å². The van der Waals surface area contributed by atoms with Crippen LogP contribution in [0.5, 0.6) is 0 Å². The Morgan fingerprint density at radius 3 is 2.35 bits per heavy atom. The third-order valence-electron chi connectivity index (χ3n) is 3.02. The maximum Gasteiger partial charge on any atom is 0.237 e. The van der Waals surface area contributed by atoms with Gasteiger partial charge >= 0.3 is 0 Å². The maximum absolute atomic E-state index is 11.2. The fraction of sp³-hybridized carbons (Fsp3) is 0.417. The van der Waals surface area contributed by atoms with Gasteiger partial charge in [0, 0.05) is 16.6 Å². The van der Waals surface area contributed by atoms with Crippen molar-refractivity contribution in [1.82, 2.24) is 5.32 Å². The van der Waals surface area contributed by atoms with Crippen LogP contribution in [0.4, 0.5) is 0 Å². The predicted molar refractivity (Wildman–Crippen MR) is 69.3 cm³/mol. The molecule has 0 aliphatic heterocycles. The highest BCUT2D eigenvalue weighted by Crippen LogP contribution is 2.34. The van der Waals surface area contributed by atoms with E-state index in [0.29, 0.717) is 16.6 Å². The largest absolute Gasteiger partial charge is 0.368 e. The van der Waals surface area contributed by atoms with Crippen molar-refractivity contribution in [3.63, 3.8) is 0 Å². The van der Waals surface area contributed by atoms with E-state index in [9.17, 15) is 4.79 Å². The third-order valence-corrected chi connectivity index (χ3v) is 3.46. The summed E-state index contributed by atoms with van der Waals surface area (Å²) in [6.45, 7) is 0.694. The fourth-order valence-electron chi connectivity index (χ4n) is 1.84. The third kappa shape index (κ3) is 3.12. The van der Waals surface area contributed by atoms with E-state index in [-0.39, 0.29) is 5.91 Å². The average molecular weight is 273 g/mol. The summed E-state index contributed by atoms with van der Waals surface area (Å²) in [4.78, 5) is 11.2. The Morgan fingerprint density at radius 1 is 1.29 bits per heavy atom.